The fraction of sp³-hybridized carbons (Fsp3) is 0.357. The zero-order valence-corrected chi connectivity index (χ0v) is 13.4. The van der Waals surface area contributed by atoms with E-state index in [2.05, 4.69) is 15.3 Å². The van der Waals surface area contributed by atoms with Crippen molar-refractivity contribution in [2.45, 2.75) is 17.5 Å². The molecule has 1 saturated heterocycles. The van der Waals surface area contributed by atoms with Crippen LogP contribution in [-0.2, 0) is 14.6 Å². The van der Waals surface area contributed by atoms with Gasteiger partial charge in [-0.05, 0) is 12.5 Å². The minimum absolute atomic E-state index is 0.0415. The van der Waals surface area contributed by atoms with Gasteiger partial charge in [-0.3, -0.25) is 4.79 Å². The number of benzene rings is 1. The smallest absolute Gasteiger partial charge is 0.230 e. The normalized spacial score (nSPS) is 20.1. The molecule has 0 bridgehead atoms. The van der Waals surface area contributed by atoms with Gasteiger partial charge in [0.1, 0.15) is 11.4 Å². The van der Waals surface area contributed by atoms with Crippen LogP contribution in [0.15, 0.2) is 35.6 Å². The quantitative estimate of drug-likeness (QED) is 0.662. The second kappa shape index (κ2) is 6.21. The molecule has 6 nitrogen and oxygen atoms in total. The lowest BCUT2D eigenvalue weighted by Gasteiger charge is -2.10. The van der Waals surface area contributed by atoms with Crippen molar-refractivity contribution in [3.8, 4) is 0 Å². The third kappa shape index (κ3) is 3.56. The van der Waals surface area contributed by atoms with Gasteiger partial charge in [-0.2, -0.15) is 0 Å². The van der Waals surface area contributed by atoms with E-state index in [9.17, 15) is 13.2 Å². The molecule has 22 heavy (non-hydrogen) atoms. The van der Waals surface area contributed by atoms with E-state index in [1.807, 2.05) is 24.3 Å². The number of nitrogens with one attached hydrogen (secondary N) is 1. The minimum Gasteiger partial charge on any atom is -0.352 e. The Balaban J connectivity index is 1.61. The monoisotopic (exact) mass is 337 g/mol. The van der Waals surface area contributed by atoms with Crippen LogP contribution in [0.5, 0.6) is 0 Å². The van der Waals surface area contributed by atoms with Gasteiger partial charge in [-0.1, -0.05) is 30.0 Å². The number of thioether (sulfide) groups is 1. The lowest BCUT2D eigenvalue weighted by atomic mass is 10.2. The van der Waals surface area contributed by atoms with E-state index in [0.717, 1.165) is 15.9 Å². The molecule has 2 heterocycles. The molecule has 8 heteroatoms. The zero-order chi connectivity index (χ0) is 15.6. The standard InChI is InChI=1S/C14H15N3O3S2/c18-13(17-10-5-6-22(19,20)8-10)7-21-14-11-3-1-2-4-12(11)15-9-16-14/h1-4,9-10H,5-8H2,(H,17,18). The zero-order valence-electron chi connectivity index (χ0n) is 11.7. The molecule has 3 rings (SSSR count). The van der Waals surface area contributed by atoms with E-state index in [0.29, 0.717) is 6.42 Å². The van der Waals surface area contributed by atoms with Crippen LogP contribution in [-0.4, -0.2) is 47.6 Å². The molecular weight excluding hydrogens is 322 g/mol. The van der Waals surface area contributed by atoms with Crippen molar-refractivity contribution in [1.82, 2.24) is 15.3 Å². The molecule has 1 unspecified atom stereocenters. The molecule has 0 radical (unpaired) electrons. The fourth-order valence-corrected chi connectivity index (χ4v) is 4.88. The number of sulfone groups is 1. The predicted octanol–water partition coefficient (Wildman–Crippen LogP) is 1.03. The number of nitrogens with zero attached hydrogens (tertiary/aromatic N) is 2. The molecule has 1 N–H and O–H groups in total. The number of rotatable bonds is 4. The van der Waals surface area contributed by atoms with Gasteiger partial charge in [-0.25, -0.2) is 18.4 Å². The Morgan fingerprint density at radius 1 is 1.32 bits per heavy atom. The SMILES string of the molecule is O=C(CSc1ncnc2ccccc12)NC1CCS(=O)(=O)C1. The number of carbonyl (C=O) groups is 1. The van der Waals surface area contributed by atoms with E-state index in [-0.39, 0.29) is 29.2 Å². The van der Waals surface area contributed by atoms with Crippen LogP contribution in [0, 0.1) is 0 Å². The van der Waals surface area contributed by atoms with Gasteiger partial charge >= 0.3 is 0 Å². The highest BCUT2D eigenvalue weighted by Gasteiger charge is 2.28. The summed E-state index contributed by atoms with van der Waals surface area (Å²) in [6.07, 6.45) is 1.97. The lowest BCUT2D eigenvalue weighted by Crippen LogP contribution is -2.36. The Hall–Kier alpha value is -1.67. The van der Waals surface area contributed by atoms with Crippen LogP contribution in [0.25, 0.3) is 10.9 Å². The van der Waals surface area contributed by atoms with E-state index in [1.165, 1.54) is 18.1 Å². The molecular formula is C14H15N3O3S2. The van der Waals surface area contributed by atoms with E-state index in [4.69, 9.17) is 0 Å². The molecule has 0 aliphatic carbocycles. The number of para-hydroxylation sites is 1. The first-order valence-electron chi connectivity index (χ1n) is 6.86. The maximum absolute atomic E-state index is 11.9. The van der Waals surface area contributed by atoms with Gasteiger partial charge in [0.2, 0.25) is 5.91 Å². The Labute approximate surface area is 132 Å². The van der Waals surface area contributed by atoms with Crippen molar-refractivity contribution in [3.63, 3.8) is 0 Å². The molecule has 1 amide bonds. The molecule has 2 aromatic rings. The van der Waals surface area contributed by atoms with Gasteiger partial charge in [0.25, 0.3) is 0 Å². The molecule has 1 aromatic heterocycles. The lowest BCUT2D eigenvalue weighted by molar-refractivity contribution is -0.119. The first-order valence-corrected chi connectivity index (χ1v) is 9.66. The average Bonchev–Trinajstić information content (AvgIpc) is 2.84. The second-order valence-corrected chi connectivity index (χ2v) is 8.34. The highest BCUT2D eigenvalue weighted by molar-refractivity contribution is 8.00. The summed E-state index contributed by atoms with van der Waals surface area (Å²) in [6, 6.07) is 7.35. The average molecular weight is 337 g/mol. The van der Waals surface area contributed by atoms with Crippen molar-refractivity contribution < 1.29 is 13.2 Å². The Morgan fingerprint density at radius 3 is 2.91 bits per heavy atom. The predicted molar refractivity (Wildman–Crippen MR) is 85.5 cm³/mol. The van der Waals surface area contributed by atoms with Gasteiger partial charge in [0.05, 0.1) is 22.8 Å². The maximum Gasteiger partial charge on any atom is 0.230 e. The first kappa shape index (κ1) is 15.2. The summed E-state index contributed by atoms with van der Waals surface area (Å²) in [5.41, 5.74) is 0.835. The molecule has 1 aliphatic heterocycles. The first-order chi connectivity index (χ1) is 10.5. The summed E-state index contributed by atoms with van der Waals surface area (Å²) < 4.78 is 22.7. The van der Waals surface area contributed by atoms with E-state index >= 15 is 0 Å². The highest BCUT2D eigenvalue weighted by atomic mass is 32.2. The van der Waals surface area contributed by atoms with Crippen molar-refractivity contribution in [2.75, 3.05) is 17.3 Å². The third-order valence-corrected chi connectivity index (χ3v) is 6.22. The van der Waals surface area contributed by atoms with Crippen molar-refractivity contribution in [2.24, 2.45) is 0 Å². The van der Waals surface area contributed by atoms with Crippen LogP contribution in [0.2, 0.25) is 0 Å². The number of aromatic nitrogens is 2. The van der Waals surface area contributed by atoms with Crippen LogP contribution in [0.1, 0.15) is 6.42 Å². The Kier molecular flexibility index (Phi) is 4.30. The number of amides is 1. The number of carbonyl (C=O) groups excluding carboxylic acids is 1. The second-order valence-electron chi connectivity index (χ2n) is 5.15. The van der Waals surface area contributed by atoms with Crippen LogP contribution in [0.4, 0.5) is 0 Å². The molecule has 1 aliphatic rings. The molecule has 0 spiro atoms. The molecule has 1 aromatic carbocycles. The largest absolute Gasteiger partial charge is 0.352 e. The van der Waals surface area contributed by atoms with Crippen LogP contribution >= 0.6 is 11.8 Å². The van der Waals surface area contributed by atoms with Gasteiger partial charge in [-0.15, -0.1) is 0 Å². The summed E-state index contributed by atoms with van der Waals surface area (Å²) in [5.74, 6) is 0.230. The van der Waals surface area contributed by atoms with Crippen molar-refractivity contribution in [3.05, 3.63) is 30.6 Å². The topological polar surface area (TPSA) is 89.0 Å². The van der Waals surface area contributed by atoms with Crippen molar-refractivity contribution in [1.29, 1.82) is 0 Å². The summed E-state index contributed by atoms with van der Waals surface area (Å²) in [5, 5.41) is 4.43. The Bertz CT molecular complexity index is 803. The molecule has 1 fully saturated rings. The Morgan fingerprint density at radius 2 is 2.14 bits per heavy atom. The van der Waals surface area contributed by atoms with E-state index < -0.39 is 9.84 Å². The van der Waals surface area contributed by atoms with E-state index in [1.54, 1.807) is 0 Å². The number of hydrogen-bond donors (Lipinski definition) is 1. The molecule has 116 valence electrons. The fourth-order valence-electron chi connectivity index (χ4n) is 2.41. The van der Waals surface area contributed by atoms with Gasteiger partial charge in [0.15, 0.2) is 9.84 Å². The number of fused-ring (bicyclic) bond motifs is 1. The molecule has 0 saturated carbocycles. The number of hydrogen-bond acceptors (Lipinski definition) is 6. The van der Waals surface area contributed by atoms with Crippen LogP contribution in [0.3, 0.4) is 0 Å². The summed E-state index contributed by atoms with van der Waals surface area (Å²) in [7, 11) is -2.98. The minimum atomic E-state index is -2.98. The summed E-state index contributed by atoms with van der Waals surface area (Å²) in [4.78, 5) is 20.3. The van der Waals surface area contributed by atoms with Gasteiger partial charge in [0, 0.05) is 11.4 Å². The third-order valence-electron chi connectivity index (χ3n) is 3.44. The highest BCUT2D eigenvalue weighted by Crippen LogP contribution is 2.24. The van der Waals surface area contributed by atoms with Gasteiger partial charge < -0.3 is 5.32 Å². The molecule has 1 atom stereocenters. The van der Waals surface area contributed by atoms with Crippen molar-refractivity contribution >= 4 is 38.4 Å². The summed E-state index contributed by atoms with van der Waals surface area (Å²) in [6.45, 7) is 0. The maximum atomic E-state index is 11.9. The van der Waals surface area contributed by atoms with Crippen LogP contribution < -0.4 is 5.32 Å². The summed E-state index contributed by atoms with van der Waals surface area (Å²) >= 11 is 1.33.